The molecule has 0 fully saturated rings. The zero-order valence-corrected chi connectivity index (χ0v) is 55.4. The molecule has 0 aliphatic heterocycles. The van der Waals surface area contributed by atoms with Gasteiger partial charge in [0.1, 0.15) is 19.8 Å². The third kappa shape index (κ3) is 67.2. The Morgan fingerprint density at radius 1 is 0.383 bits per heavy atom. The lowest BCUT2D eigenvalue weighted by Crippen LogP contribution is -2.37. The summed E-state index contributed by atoms with van der Waals surface area (Å²) in [5, 5.41) is 0. The molecule has 0 saturated carbocycles. The van der Waals surface area contributed by atoms with Gasteiger partial charge in [-0.25, -0.2) is 4.57 Å². The largest absolute Gasteiger partial charge is 0.472 e. The molecule has 478 valence electrons. The number of esters is 2. The highest BCUT2D eigenvalue weighted by atomic mass is 31.2. The van der Waals surface area contributed by atoms with Gasteiger partial charge in [0.2, 0.25) is 0 Å². The van der Waals surface area contributed by atoms with Crippen LogP contribution in [0.2, 0.25) is 0 Å². The smallest absolute Gasteiger partial charge is 0.462 e. The number of nitrogens with zero attached hydrogens (tertiary/aromatic N) is 1. The summed E-state index contributed by atoms with van der Waals surface area (Å²) in [4.78, 5) is 35.8. The number of ether oxygens (including phenoxy) is 2. The lowest BCUT2D eigenvalue weighted by Gasteiger charge is -2.24. The summed E-state index contributed by atoms with van der Waals surface area (Å²) in [6.07, 6.45) is 79.8. The first kappa shape index (κ1) is 79.2. The van der Waals surface area contributed by atoms with E-state index < -0.39 is 26.5 Å². The maximum absolute atomic E-state index is 12.9. The lowest BCUT2D eigenvalue weighted by molar-refractivity contribution is -0.870. The Bertz CT molecular complexity index is 1460. The van der Waals surface area contributed by atoms with Crippen LogP contribution in [0, 0.1) is 0 Å². The number of phosphoric ester groups is 1. The molecule has 0 rings (SSSR count). The van der Waals surface area contributed by atoms with Crippen molar-refractivity contribution in [1.82, 2.24) is 0 Å². The second-order valence-electron chi connectivity index (χ2n) is 25.3. The van der Waals surface area contributed by atoms with Gasteiger partial charge in [-0.3, -0.25) is 18.6 Å². The molecule has 0 saturated heterocycles. The highest BCUT2D eigenvalue weighted by Gasteiger charge is 2.27. The van der Waals surface area contributed by atoms with E-state index in [2.05, 4.69) is 50.3 Å². The normalized spacial score (nSPS) is 13.3. The number of phosphoric acid groups is 1. The average molecular weight is 1160 g/mol. The molecule has 2 unspecified atom stereocenters. The molecule has 0 aromatic rings. The third-order valence-electron chi connectivity index (χ3n) is 15.9. The van der Waals surface area contributed by atoms with Gasteiger partial charge in [-0.15, -0.1) is 0 Å². The van der Waals surface area contributed by atoms with Crippen LogP contribution in [0.25, 0.3) is 0 Å². The Labute approximate surface area is 503 Å². The monoisotopic (exact) mass is 1160 g/mol. The van der Waals surface area contributed by atoms with Crippen LogP contribution in [0.1, 0.15) is 354 Å². The zero-order valence-electron chi connectivity index (χ0n) is 54.5. The molecule has 9 nitrogen and oxygen atoms in total. The SMILES string of the molecule is CCCCCCC/C=C\C/C=C\C/C=C\CCCCCCCCCCCCCCCCCCCCCCCCCCC(=O)OC(COC(=O)CCCCCCCCCCCCCCCCCCCC)COP(=O)(O)OCC[N+](C)(C)C. The number of hydrogen-bond acceptors (Lipinski definition) is 7. The van der Waals surface area contributed by atoms with E-state index in [4.69, 9.17) is 18.5 Å². The van der Waals surface area contributed by atoms with E-state index in [0.29, 0.717) is 23.9 Å². The Morgan fingerprint density at radius 2 is 0.667 bits per heavy atom. The van der Waals surface area contributed by atoms with Gasteiger partial charge >= 0.3 is 19.8 Å². The summed E-state index contributed by atoms with van der Waals surface area (Å²) >= 11 is 0. The Kier molecular flexibility index (Phi) is 61.4. The van der Waals surface area contributed by atoms with Crippen LogP contribution in [-0.4, -0.2) is 74.9 Å². The summed E-state index contributed by atoms with van der Waals surface area (Å²) in [6, 6.07) is 0. The first-order valence-corrected chi connectivity index (χ1v) is 36.7. The number of carbonyl (C=O) groups excluding carboxylic acids is 2. The van der Waals surface area contributed by atoms with Crippen molar-refractivity contribution in [1.29, 1.82) is 0 Å². The summed E-state index contributed by atoms with van der Waals surface area (Å²) < 4.78 is 34.7. The van der Waals surface area contributed by atoms with Gasteiger partial charge in [0, 0.05) is 12.8 Å². The second-order valence-corrected chi connectivity index (χ2v) is 26.7. The summed E-state index contributed by atoms with van der Waals surface area (Å²) in [7, 11) is 1.50. The highest BCUT2D eigenvalue weighted by Crippen LogP contribution is 2.43. The molecule has 0 aromatic carbocycles. The van der Waals surface area contributed by atoms with Crippen LogP contribution in [0.5, 0.6) is 0 Å². The van der Waals surface area contributed by atoms with E-state index in [0.717, 1.165) is 44.9 Å². The zero-order chi connectivity index (χ0) is 59.1. The molecule has 10 heteroatoms. The van der Waals surface area contributed by atoms with Gasteiger partial charge in [0.05, 0.1) is 27.7 Å². The molecule has 0 aliphatic carbocycles. The van der Waals surface area contributed by atoms with E-state index >= 15 is 0 Å². The predicted molar refractivity (Wildman–Crippen MR) is 349 cm³/mol. The molecule has 0 heterocycles. The number of carbonyl (C=O) groups is 2. The van der Waals surface area contributed by atoms with Gasteiger partial charge in [-0.05, 0) is 51.4 Å². The standard InChI is InChI=1S/C71H136NO8P/c1-6-8-10-12-14-16-18-20-22-24-26-27-28-29-30-31-32-33-34-35-36-37-38-39-40-41-42-43-44-45-46-48-50-52-54-56-58-60-62-64-71(74)80-69(68-79-81(75,76)78-66-65-72(3,4)5)67-77-70(73)63-61-59-57-55-53-51-49-47-25-23-21-19-17-15-13-11-9-7-2/h18,20,24,26,28-29,69H,6-17,19,21-23,25,27,30-68H2,1-5H3/p+1/b20-18-,26-24-,29-28-. The number of allylic oxidation sites excluding steroid dienone is 6. The molecule has 0 spiro atoms. The van der Waals surface area contributed by atoms with Crippen LogP contribution in [0.3, 0.4) is 0 Å². The van der Waals surface area contributed by atoms with Crippen molar-refractivity contribution in [3.63, 3.8) is 0 Å². The summed E-state index contributed by atoms with van der Waals surface area (Å²) in [5.74, 6) is -0.774. The van der Waals surface area contributed by atoms with Gasteiger partial charge < -0.3 is 18.9 Å². The van der Waals surface area contributed by atoms with Crippen LogP contribution in [-0.2, 0) is 32.7 Å². The Balaban J connectivity index is 3.90. The Hall–Kier alpha value is -1.77. The maximum Gasteiger partial charge on any atom is 0.472 e. The second kappa shape index (κ2) is 62.8. The predicted octanol–water partition coefficient (Wildman–Crippen LogP) is 22.7. The first-order valence-electron chi connectivity index (χ1n) is 35.2. The van der Waals surface area contributed by atoms with Crippen LogP contribution in [0.15, 0.2) is 36.5 Å². The highest BCUT2D eigenvalue weighted by molar-refractivity contribution is 7.47. The fraction of sp³-hybridized carbons (Fsp3) is 0.887. The summed E-state index contributed by atoms with van der Waals surface area (Å²) in [6.45, 7) is 4.49. The minimum absolute atomic E-state index is 0.0356. The fourth-order valence-electron chi connectivity index (χ4n) is 10.5. The number of quaternary nitrogens is 1. The molecule has 0 amide bonds. The molecule has 2 atom stereocenters. The van der Waals surface area contributed by atoms with Crippen LogP contribution >= 0.6 is 7.82 Å². The topological polar surface area (TPSA) is 108 Å². The van der Waals surface area contributed by atoms with Crippen molar-refractivity contribution in [2.24, 2.45) is 0 Å². The van der Waals surface area contributed by atoms with Crippen molar-refractivity contribution in [3.8, 4) is 0 Å². The van der Waals surface area contributed by atoms with E-state index in [1.165, 1.54) is 276 Å². The van der Waals surface area contributed by atoms with Crippen molar-refractivity contribution < 1.29 is 42.1 Å². The summed E-state index contributed by atoms with van der Waals surface area (Å²) in [5.41, 5.74) is 0. The van der Waals surface area contributed by atoms with E-state index in [1.54, 1.807) is 0 Å². The number of rotatable bonds is 66. The first-order chi connectivity index (χ1) is 39.5. The molecule has 0 radical (unpaired) electrons. The molecule has 0 aliphatic rings. The van der Waals surface area contributed by atoms with Crippen LogP contribution < -0.4 is 0 Å². The lowest BCUT2D eigenvalue weighted by atomic mass is 10.0. The van der Waals surface area contributed by atoms with Gasteiger partial charge in [0.25, 0.3) is 0 Å². The van der Waals surface area contributed by atoms with Gasteiger partial charge in [0.15, 0.2) is 6.10 Å². The molecule has 81 heavy (non-hydrogen) atoms. The molecule has 1 N–H and O–H groups in total. The molecular weight excluding hydrogens is 1030 g/mol. The number of unbranched alkanes of at least 4 members (excludes halogenated alkanes) is 46. The Morgan fingerprint density at radius 3 is 0.988 bits per heavy atom. The van der Waals surface area contributed by atoms with E-state index in [-0.39, 0.29) is 25.6 Å². The van der Waals surface area contributed by atoms with Gasteiger partial charge in [-0.1, -0.05) is 326 Å². The van der Waals surface area contributed by atoms with E-state index in [9.17, 15) is 19.0 Å². The fourth-order valence-corrected chi connectivity index (χ4v) is 11.2. The maximum atomic E-state index is 12.9. The molecular formula is C71H137NO8P+. The minimum Gasteiger partial charge on any atom is -0.462 e. The van der Waals surface area contributed by atoms with Crippen molar-refractivity contribution in [2.75, 3.05) is 47.5 Å². The quantitative estimate of drug-likeness (QED) is 0.0211. The number of hydrogen-bond donors (Lipinski definition) is 1. The van der Waals surface area contributed by atoms with E-state index in [1.807, 2.05) is 21.1 Å². The van der Waals surface area contributed by atoms with Crippen molar-refractivity contribution in [3.05, 3.63) is 36.5 Å². The van der Waals surface area contributed by atoms with Crippen molar-refractivity contribution in [2.45, 2.75) is 360 Å². The minimum atomic E-state index is -4.38. The molecule has 0 bridgehead atoms. The average Bonchev–Trinajstić information content (AvgIpc) is 3.43. The number of likely N-dealkylation sites (N-methyl/N-ethyl adjacent to an activating group) is 1. The molecule has 0 aromatic heterocycles. The third-order valence-corrected chi connectivity index (χ3v) is 16.9. The van der Waals surface area contributed by atoms with Gasteiger partial charge in [-0.2, -0.15) is 0 Å². The van der Waals surface area contributed by atoms with Crippen molar-refractivity contribution >= 4 is 19.8 Å². The van der Waals surface area contributed by atoms with Crippen LogP contribution in [0.4, 0.5) is 0 Å².